The Kier molecular flexibility index (Phi) is 7.35. The maximum atomic E-state index is 6.67. The zero-order valence-corrected chi connectivity index (χ0v) is 29.9. The molecule has 9 aromatic carbocycles. The predicted octanol–water partition coefficient (Wildman–Crippen LogP) is 12.7. The van der Waals surface area contributed by atoms with Gasteiger partial charge in [0.15, 0.2) is 0 Å². The Morgan fingerprint density at radius 3 is 1.98 bits per heavy atom. The van der Waals surface area contributed by atoms with Crippen molar-refractivity contribution in [3.63, 3.8) is 0 Å². The van der Waals surface area contributed by atoms with Gasteiger partial charge in [-0.25, -0.2) is 4.99 Å². The van der Waals surface area contributed by atoms with E-state index in [1.807, 2.05) is 12.1 Å². The van der Waals surface area contributed by atoms with Gasteiger partial charge in [-0.3, -0.25) is 5.32 Å². The van der Waals surface area contributed by atoms with Crippen LogP contribution in [0.5, 0.6) is 0 Å². The predicted molar refractivity (Wildman–Crippen MR) is 228 cm³/mol. The molecule has 0 fully saturated rings. The maximum absolute atomic E-state index is 6.67. The van der Waals surface area contributed by atoms with Gasteiger partial charge in [0.1, 0.15) is 29.3 Å². The number of fused-ring (bicyclic) bond motifs is 7. The summed E-state index contributed by atoms with van der Waals surface area (Å²) in [5.41, 5.74) is 9.58. The Labute approximate surface area is 318 Å². The van der Waals surface area contributed by atoms with E-state index in [1.165, 1.54) is 49.0 Å². The number of nitrogens with zero attached hydrogens (tertiary/aromatic N) is 1. The van der Waals surface area contributed by atoms with Crippen LogP contribution in [0.1, 0.15) is 29.0 Å². The molecule has 0 bridgehead atoms. The highest BCUT2D eigenvalue weighted by Gasteiger charge is 2.28. The molecule has 1 aliphatic heterocycles. The lowest BCUT2D eigenvalue weighted by Crippen LogP contribution is -2.45. The topological polar surface area (TPSA) is 49.6 Å². The quantitative estimate of drug-likeness (QED) is 0.175. The molecule has 1 aliphatic rings. The number of nitrogens with one attached hydrogen (secondary N) is 2. The lowest BCUT2D eigenvalue weighted by molar-refractivity contribution is 0.409. The van der Waals surface area contributed by atoms with Crippen LogP contribution in [0.4, 0.5) is 0 Å². The number of benzene rings is 9. The lowest BCUT2D eigenvalue weighted by atomic mass is 9.89. The second-order valence-corrected chi connectivity index (χ2v) is 14.4. The summed E-state index contributed by atoms with van der Waals surface area (Å²) in [5, 5.41) is 17.2. The number of aliphatic imine (C=N–C) groups is 1. The van der Waals surface area contributed by atoms with Gasteiger partial charge in [-0.2, -0.15) is 0 Å². The fourth-order valence-corrected chi connectivity index (χ4v) is 8.43. The first-order chi connectivity index (χ1) is 27.2. The smallest absolute Gasteiger partial charge is 0.136 e. The molecule has 10 aromatic rings. The van der Waals surface area contributed by atoms with Crippen molar-refractivity contribution in [2.75, 3.05) is 0 Å². The standard InChI is InChI=1S/C51H35N3O/c1-2-14-33(15-3-1)49-52-50(38-19-12-18-35(28-38)36-26-25-32-13-4-5-16-34(32)27-36)54-51(53-49)39-30-45(48-43-23-10-11-24-46(43)55-47(48)31-39)44-29-37-17-6-7-20-40(37)41-21-8-9-22-42(41)44/h1-31,50-51,54H,(H,52,53). The Bertz CT molecular complexity index is 3120. The van der Waals surface area contributed by atoms with E-state index in [0.29, 0.717) is 0 Å². The molecule has 2 atom stereocenters. The Morgan fingerprint density at radius 1 is 0.418 bits per heavy atom. The largest absolute Gasteiger partial charge is 0.456 e. The van der Waals surface area contributed by atoms with Crippen molar-refractivity contribution < 1.29 is 4.42 Å². The van der Waals surface area contributed by atoms with E-state index in [0.717, 1.165) is 50.0 Å². The van der Waals surface area contributed by atoms with Gasteiger partial charge in [0.2, 0.25) is 0 Å². The van der Waals surface area contributed by atoms with Crippen LogP contribution in [0.15, 0.2) is 197 Å². The van der Waals surface area contributed by atoms with Crippen LogP contribution in [0.3, 0.4) is 0 Å². The molecule has 0 saturated carbocycles. The summed E-state index contributed by atoms with van der Waals surface area (Å²) in [7, 11) is 0. The SMILES string of the molecule is c1ccc(C2=NC(c3cc(-c4cc5ccccc5c5ccccc45)c4c(c3)oc3ccccc34)NC(c3cccc(-c4ccc5ccccc5c4)c3)N2)cc1. The fraction of sp³-hybridized carbons (Fsp3) is 0.0392. The molecule has 260 valence electrons. The van der Waals surface area contributed by atoms with Gasteiger partial charge in [-0.1, -0.05) is 152 Å². The van der Waals surface area contributed by atoms with Crippen LogP contribution in [-0.4, -0.2) is 5.84 Å². The summed E-state index contributed by atoms with van der Waals surface area (Å²) in [6.45, 7) is 0. The van der Waals surface area contributed by atoms with E-state index in [9.17, 15) is 0 Å². The summed E-state index contributed by atoms with van der Waals surface area (Å²) < 4.78 is 6.67. The fourth-order valence-electron chi connectivity index (χ4n) is 8.43. The zero-order chi connectivity index (χ0) is 36.3. The highest BCUT2D eigenvalue weighted by atomic mass is 16.3. The minimum atomic E-state index is -0.367. The first-order valence-corrected chi connectivity index (χ1v) is 18.8. The third-order valence-corrected chi connectivity index (χ3v) is 11.1. The van der Waals surface area contributed by atoms with Crippen molar-refractivity contribution in [2.45, 2.75) is 12.3 Å². The first-order valence-electron chi connectivity index (χ1n) is 18.8. The van der Waals surface area contributed by atoms with Gasteiger partial charge in [0, 0.05) is 16.3 Å². The van der Waals surface area contributed by atoms with E-state index in [-0.39, 0.29) is 12.3 Å². The van der Waals surface area contributed by atoms with Crippen molar-refractivity contribution in [3.8, 4) is 22.3 Å². The number of hydrogen-bond donors (Lipinski definition) is 2. The van der Waals surface area contributed by atoms with Gasteiger partial charge >= 0.3 is 0 Å². The molecule has 1 aromatic heterocycles. The Hall–Kier alpha value is -7.01. The molecule has 11 rings (SSSR count). The molecule has 0 aliphatic carbocycles. The van der Waals surface area contributed by atoms with Crippen LogP contribution in [0, 0.1) is 0 Å². The number of furan rings is 1. The molecule has 0 radical (unpaired) electrons. The molecule has 0 amide bonds. The van der Waals surface area contributed by atoms with E-state index in [1.54, 1.807) is 0 Å². The van der Waals surface area contributed by atoms with Crippen molar-refractivity contribution in [1.82, 2.24) is 10.6 Å². The third-order valence-electron chi connectivity index (χ3n) is 11.1. The van der Waals surface area contributed by atoms with Crippen LogP contribution >= 0.6 is 0 Å². The zero-order valence-electron chi connectivity index (χ0n) is 29.9. The normalized spacial score (nSPS) is 15.8. The minimum absolute atomic E-state index is 0.213. The highest BCUT2D eigenvalue weighted by molar-refractivity contribution is 6.20. The molecule has 2 heterocycles. The van der Waals surface area contributed by atoms with Gasteiger partial charge in [-0.15, -0.1) is 0 Å². The van der Waals surface area contributed by atoms with Crippen LogP contribution < -0.4 is 10.6 Å². The number of amidine groups is 1. The van der Waals surface area contributed by atoms with Crippen LogP contribution in [0.2, 0.25) is 0 Å². The van der Waals surface area contributed by atoms with Gasteiger partial charge in [0.25, 0.3) is 0 Å². The molecule has 0 saturated heterocycles. The molecule has 4 nitrogen and oxygen atoms in total. The summed E-state index contributed by atoms with van der Waals surface area (Å²) >= 11 is 0. The molecule has 2 unspecified atom stereocenters. The summed E-state index contributed by atoms with van der Waals surface area (Å²) in [4.78, 5) is 5.37. The second-order valence-electron chi connectivity index (χ2n) is 14.4. The summed E-state index contributed by atoms with van der Waals surface area (Å²) in [6, 6.07) is 67.0. The highest BCUT2D eigenvalue weighted by Crippen LogP contribution is 2.43. The van der Waals surface area contributed by atoms with Crippen molar-refractivity contribution >= 4 is 60.1 Å². The second kappa shape index (κ2) is 12.8. The lowest BCUT2D eigenvalue weighted by Gasteiger charge is -2.32. The summed E-state index contributed by atoms with van der Waals surface area (Å²) in [6.07, 6.45) is -0.580. The molecule has 2 N–H and O–H groups in total. The molecular formula is C51H35N3O. The Balaban J connectivity index is 1.09. The van der Waals surface area contributed by atoms with Crippen molar-refractivity contribution in [3.05, 3.63) is 205 Å². The maximum Gasteiger partial charge on any atom is 0.136 e. The van der Waals surface area contributed by atoms with Gasteiger partial charge in [0.05, 0.1) is 0 Å². The Morgan fingerprint density at radius 2 is 1.11 bits per heavy atom. The number of para-hydroxylation sites is 1. The molecular weight excluding hydrogens is 671 g/mol. The third kappa shape index (κ3) is 5.46. The average Bonchev–Trinajstić information content (AvgIpc) is 3.64. The molecule has 4 heteroatoms. The van der Waals surface area contributed by atoms with Gasteiger partial charge in [-0.05, 0) is 102 Å². The van der Waals surface area contributed by atoms with E-state index in [4.69, 9.17) is 9.41 Å². The monoisotopic (exact) mass is 705 g/mol. The minimum Gasteiger partial charge on any atom is -0.456 e. The van der Waals surface area contributed by atoms with Gasteiger partial charge < -0.3 is 9.73 Å². The van der Waals surface area contributed by atoms with Crippen LogP contribution in [-0.2, 0) is 0 Å². The summed E-state index contributed by atoms with van der Waals surface area (Å²) in [5.74, 6) is 0.841. The van der Waals surface area contributed by atoms with Crippen molar-refractivity contribution in [2.24, 2.45) is 4.99 Å². The number of hydrogen-bond acceptors (Lipinski definition) is 4. The van der Waals surface area contributed by atoms with Crippen LogP contribution in [0.25, 0.3) is 76.5 Å². The van der Waals surface area contributed by atoms with E-state index < -0.39 is 0 Å². The van der Waals surface area contributed by atoms with E-state index in [2.05, 4.69) is 187 Å². The van der Waals surface area contributed by atoms with E-state index >= 15 is 0 Å². The number of rotatable bonds is 5. The molecule has 0 spiro atoms. The molecule has 55 heavy (non-hydrogen) atoms. The first kappa shape index (κ1) is 31.5. The van der Waals surface area contributed by atoms with Crippen molar-refractivity contribution in [1.29, 1.82) is 0 Å². The average molecular weight is 706 g/mol.